The highest BCUT2D eigenvalue weighted by Crippen LogP contribution is 2.31. The van der Waals surface area contributed by atoms with Gasteiger partial charge in [-0.15, -0.1) is 0 Å². The third kappa shape index (κ3) is 4.51. The molecule has 0 saturated heterocycles. The molecular formula is C32H38N3Si2+. The van der Waals surface area contributed by atoms with Gasteiger partial charge in [-0.25, -0.2) is 4.57 Å². The van der Waals surface area contributed by atoms with Crippen LogP contribution in [-0.4, -0.2) is 25.7 Å². The zero-order valence-corrected chi connectivity index (χ0v) is 25.4. The average Bonchev–Trinajstić information content (AvgIpc) is 3.15. The first-order valence-corrected chi connectivity index (χ1v) is 20.1. The van der Waals surface area contributed by atoms with Crippen molar-refractivity contribution < 1.29 is 4.57 Å². The summed E-state index contributed by atoms with van der Waals surface area (Å²) in [7, 11) is -1.35. The first-order chi connectivity index (χ1) is 17.5. The van der Waals surface area contributed by atoms with E-state index in [1.807, 2.05) is 6.20 Å². The number of nitrogens with zero attached hydrogens (tertiary/aromatic N) is 3. The molecule has 3 aromatic carbocycles. The molecule has 0 saturated carbocycles. The number of benzene rings is 3. The molecule has 0 atom stereocenters. The van der Waals surface area contributed by atoms with Crippen molar-refractivity contribution in [2.24, 2.45) is 7.05 Å². The summed E-state index contributed by atoms with van der Waals surface area (Å²) < 4.78 is 4.92. The van der Waals surface area contributed by atoms with Gasteiger partial charge in [-0.05, 0) is 52.7 Å². The molecule has 0 aliphatic carbocycles. The van der Waals surface area contributed by atoms with Gasteiger partial charge in [0.1, 0.15) is 5.69 Å². The normalized spacial score (nSPS) is 12.3. The van der Waals surface area contributed by atoms with E-state index in [0.717, 1.165) is 5.69 Å². The maximum absolute atomic E-state index is 4.69. The number of hydrogen-bond acceptors (Lipinski definition) is 1. The molecular weight excluding hydrogens is 483 g/mol. The molecule has 2 aromatic heterocycles. The van der Waals surface area contributed by atoms with E-state index in [2.05, 4.69) is 146 Å². The van der Waals surface area contributed by atoms with Gasteiger partial charge in [0.25, 0.3) is 5.82 Å². The number of imidazole rings is 1. The minimum Gasteiger partial charge on any atom is -0.261 e. The van der Waals surface area contributed by atoms with E-state index in [-0.39, 0.29) is 0 Å². The second-order valence-electron chi connectivity index (χ2n) is 12.1. The van der Waals surface area contributed by atoms with E-state index in [1.54, 1.807) is 0 Å². The van der Waals surface area contributed by atoms with Gasteiger partial charge in [-0.2, -0.15) is 4.57 Å². The second kappa shape index (κ2) is 9.23. The summed E-state index contributed by atoms with van der Waals surface area (Å²) in [5, 5.41) is 3.02. The second-order valence-corrected chi connectivity index (χ2v) is 22.2. The molecule has 0 aliphatic rings. The lowest BCUT2D eigenvalue weighted by molar-refractivity contribution is -0.633. The van der Waals surface area contributed by atoms with E-state index in [4.69, 9.17) is 0 Å². The third-order valence-electron chi connectivity index (χ3n) is 7.32. The summed E-state index contributed by atoms with van der Waals surface area (Å²) in [6.07, 6.45) is 1.89. The van der Waals surface area contributed by atoms with Crippen LogP contribution in [-0.2, 0) is 7.05 Å². The number of aryl methyl sites for hydroxylation is 2. The maximum atomic E-state index is 4.69. The molecule has 0 aliphatic heterocycles. The fraction of sp³-hybridized carbons (Fsp3) is 0.250. The summed E-state index contributed by atoms with van der Waals surface area (Å²) in [4.78, 5) is 4.69. The Labute approximate surface area is 223 Å². The fourth-order valence-electron chi connectivity index (χ4n) is 5.38. The van der Waals surface area contributed by atoms with Crippen molar-refractivity contribution in [3.63, 3.8) is 0 Å². The van der Waals surface area contributed by atoms with Crippen molar-refractivity contribution in [1.82, 2.24) is 9.55 Å². The molecule has 0 bridgehead atoms. The van der Waals surface area contributed by atoms with Crippen molar-refractivity contribution in [2.45, 2.75) is 46.2 Å². The highest BCUT2D eigenvalue weighted by Gasteiger charge is 2.37. The zero-order valence-electron chi connectivity index (χ0n) is 23.4. The van der Waals surface area contributed by atoms with Crippen LogP contribution < -0.4 is 14.9 Å². The molecule has 188 valence electrons. The predicted molar refractivity (Wildman–Crippen MR) is 164 cm³/mol. The van der Waals surface area contributed by atoms with Gasteiger partial charge in [0.2, 0.25) is 0 Å². The molecule has 37 heavy (non-hydrogen) atoms. The van der Waals surface area contributed by atoms with Crippen LogP contribution in [0.25, 0.3) is 39.2 Å². The summed E-state index contributed by atoms with van der Waals surface area (Å²) in [5.41, 5.74) is 8.72. The molecule has 0 amide bonds. The van der Waals surface area contributed by atoms with Crippen LogP contribution >= 0.6 is 0 Å². The number of para-hydroxylation sites is 2. The average molecular weight is 521 g/mol. The highest BCUT2D eigenvalue weighted by atomic mass is 28.3. The van der Waals surface area contributed by atoms with Gasteiger partial charge in [-0.1, -0.05) is 93.9 Å². The van der Waals surface area contributed by atoms with Crippen LogP contribution in [0.15, 0.2) is 85.1 Å². The number of rotatable bonds is 5. The maximum Gasteiger partial charge on any atom is 0.296 e. The van der Waals surface area contributed by atoms with E-state index in [0.29, 0.717) is 0 Å². The smallest absolute Gasteiger partial charge is 0.261 e. The first kappa shape index (κ1) is 25.4. The van der Waals surface area contributed by atoms with E-state index in [1.165, 1.54) is 49.6 Å². The van der Waals surface area contributed by atoms with Gasteiger partial charge in [-0.3, -0.25) is 4.98 Å². The SMILES string of the molecule is Cc1ncccc1-c1n(-c2c([Si](C)(C)C)cc(-c3ccccc3)cc2[Si](C)(C)C)c2ccccc2[n+]1C. The molecule has 5 aromatic rings. The van der Waals surface area contributed by atoms with Gasteiger partial charge in [0.15, 0.2) is 11.0 Å². The number of fused-ring (bicyclic) bond motifs is 1. The minimum absolute atomic E-state index is 1.05. The monoisotopic (exact) mass is 520 g/mol. The Balaban J connectivity index is 2.00. The Kier molecular flexibility index (Phi) is 6.33. The zero-order chi connectivity index (χ0) is 26.5. The van der Waals surface area contributed by atoms with E-state index >= 15 is 0 Å². The molecule has 5 rings (SSSR count). The first-order valence-electron chi connectivity index (χ1n) is 13.1. The summed E-state index contributed by atoms with van der Waals surface area (Å²) in [6, 6.07) is 29.0. The molecule has 0 unspecified atom stereocenters. The lowest BCUT2D eigenvalue weighted by Gasteiger charge is -2.28. The van der Waals surface area contributed by atoms with Crippen LogP contribution in [0.1, 0.15) is 5.69 Å². The molecule has 0 radical (unpaired) electrons. The van der Waals surface area contributed by atoms with Gasteiger partial charge < -0.3 is 0 Å². The Morgan fingerprint density at radius 2 is 1.30 bits per heavy atom. The van der Waals surface area contributed by atoms with Crippen molar-refractivity contribution in [3.05, 3.63) is 90.8 Å². The molecule has 0 fully saturated rings. The Hall–Kier alpha value is -3.29. The quantitative estimate of drug-likeness (QED) is 0.189. The van der Waals surface area contributed by atoms with Gasteiger partial charge >= 0.3 is 0 Å². The number of hydrogen-bond donors (Lipinski definition) is 0. The topological polar surface area (TPSA) is 21.7 Å². The standard InChI is InChI=1S/C32H38N3Si2/c1-23-26(17-14-20-33-23)32-34(2)27-18-12-13-19-28(27)35(32)31-29(36(3,4)5)21-25(22-30(31)37(6,7)8)24-15-10-9-11-16-24/h9-22H,1-8H3/q+1. The van der Waals surface area contributed by atoms with E-state index < -0.39 is 16.1 Å². The number of aromatic nitrogens is 3. The van der Waals surface area contributed by atoms with Crippen molar-refractivity contribution >= 4 is 37.6 Å². The van der Waals surface area contributed by atoms with Crippen LogP contribution in [0.5, 0.6) is 0 Å². The van der Waals surface area contributed by atoms with Gasteiger partial charge in [0.05, 0.1) is 34.5 Å². The summed E-state index contributed by atoms with van der Waals surface area (Å²) >= 11 is 0. The fourth-order valence-corrected chi connectivity index (χ4v) is 8.59. The summed E-state index contributed by atoms with van der Waals surface area (Å²) in [6.45, 7) is 17.0. The summed E-state index contributed by atoms with van der Waals surface area (Å²) in [5.74, 6) is 1.19. The van der Waals surface area contributed by atoms with Crippen molar-refractivity contribution in [2.75, 3.05) is 0 Å². The van der Waals surface area contributed by atoms with Crippen LogP contribution in [0.4, 0.5) is 0 Å². The lowest BCUT2D eigenvalue weighted by Crippen LogP contribution is -2.49. The van der Waals surface area contributed by atoms with Gasteiger partial charge in [0, 0.05) is 6.20 Å². The Morgan fingerprint density at radius 3 is 1.89 bits per heavy atom. The Morgan fingerprint density at radius 1 is 0.703 bits per heavy atom. The van der Waals surface area contributed by atoms with Crippen LogP contribution in [0, 0.1) is 6.92 Å². The largest absolute Gasteiger partial charge is 0.296 e. The highest BCUT2D eigenvalue weighted by molar-refractivity contribution is 6.93. The molecule has 5 heteroatoms. The molecule has 0 spiro atoms. The van der Waals surface area contributed by atoms with Crippen molar-refractivity contribution in [1.29, 1.82) is 0 Å². The predicted octanol–water partition coefficient (Wildman–Crippen LogP) is 6.58. The third-order valence-corrected chi connectivity index (χ3v) is 11.3. The Bertz CT molecular complexity index is 1570. The van der Waals surface area contributed by atoms with Crippen LogP contribution in [0.3, 0.4) is 0 Å². The molecule has 2 heterocycles. The van der Waals surface area contributed by atoms with Crippen molar-refractivity contribution in [3.8, 4) is 28.2 Å². The van der Waals surface area contributed by atoms with E-state index in [9.17, 15) is 0 Å². The van der Waals surface area contributed by atoms with Crippen LogP contribution in [0.2, 0.25) is 39.3 Å². The lowest BCUT2D eigenvalue weighted by atomic mass is 10.0. The molecule has 3 nitrogen and oxygen atoms in total. The molecule has 0 N–H and O–H groups in total. The number of pyridine rings is 1. The minimum atomic E-state index is -1.77.